The first-order valence-corrected chi connectivity index (χ1v) is 11.8. The summed E-state index contributed by atoms with van der Waals surface area (Å²) in [4.78, 5) is 61.5. The average molecular weight is 528 g/mol. The zero-order valence-electron chi connectivity index (χ0n) is 20.4. The lowest BCUT2D eigenvalue weighted by Gasteiger charge is -2.24. The number of nitrogens with one attached hydrogen (secondary N) is 4. The zero-order valence-corrected chi connectivity index (χ0v) is 20.4. The van der Waals surface area contributed by atoms with Gasteiger partial charge in [-0.05, 0) is 49.6 Å². The van der Waals surface area contributed by atoms with Crippen molar-refractivity contribution in [3.63, 3.8) is 0 Å². The molecule has 14 nitrogen and oxygen atoms in total. The molecule has 2 aromatic carbocycles. The van der Waals surface area contributed by atoms with Gasteiger partial charge in [-0.25, -0.2) is 0 Å². The quantitative estimate of drug-likeness (QED) is 0.143. The predicted octanol–water partition coefficient (Wildman–Crippen LogP) is -0.228. The highest BCUT2D eigenvalue weighted by atomic mass is 16.6. The van der Waals surface area contributed by atoms with Crippen molar-refractivity contribution in [1.82, 2.24) is 16.0 Å². The zero-order chi connectivity index (χ0) is 27.8. The van der Waals surface area contributed by atoms with Crippen LogP contribution in [0.15, 0.2) is 36.4 Å². The van der Waals surface area contributed by atoms with Crippen molar-refractivity contribution >= 4 is 40.7 Å². The normalized spacial score (nSPS) is 18.0. The third kappa shape index (κ3) is 6.80. The van der Waals surface area contributed by atoms with Crippen molar-refractivity contribution in [3.8, 4) is 0 Å². The molecule has 4 amide bonds. The maximum atomic E-state index is 13.2. The molecule has 1 heterocycles. The summed E-state index contributed by atoms with van der Waals surface area (Å²) in [7, 11) is 0. The molecule has 9 N–H and O–H groups in total. The molecule has 0 saturated carbocycles. The van der Waals surface area contributed by atoms with Crippen LogP contribution < -0.4 is 32.7 Å². The number of nitro groups is 1. The first kappa shape index (κ1) is 28.0. The number of hydrogen-bond donors (Lipinski definition) is 7. The number of primary amides is 1. The summed E-state index contributed by atoms with van der Waals surface area (Å²) >= 11 is 0. The number of fused-ring (bicyclic) bond motifs is 2. The van der Waals surface area contributed by atoms with E-state index in [1.54, 1.807) is 6.07 Å². The number of non-ortho nitro benzene ring substituents is 1. The highest BCUT2D eigenvalue weighted by molar-refractivity contribution is 6.04. The molecule has 0 unspecified atom stereocenters. The van der Waals surface area contributed by atoms with Gasteiger partial charge in [0.25, 0.3) is 11.6 Å². The van der Waals surface area contributed by atoms with Crippen molar-refractivity contribution in [1.29, 1.82) is 0 Å². The van der Waals surface area contributed by atoms with E-state index in [-0.39, 0.29) is 35.5 Å². The number of hydrogen-bond acceptors (Lipinski definition) is 9. The Morgan fingerprint density at radius 2 is 1.79 bits per heavy atom. The molecule has 0 fully saturated rings. The number of nitro benzene ring substituents is 1. The van der Waals surface area contributed by atoms with E-state index >= 15 is 0 Å². The molecule has 1 aliphatic rings. The Hall–Kier alpha value is -4.56. The molecule has 14 heteroatoms. The van der Waals surface area contributed by atoms with Crippen LogP contribution >= 0.6 is 0 Å². The van der Waals surface area contributed by atoms with Gasteiger partial charge in [0.1, 0.15) is 12.1 Å². The molecule has 0 spiro atoms. The Morgan fingerprint density at radius 3 is 2.45 bits per heavy atom. The Labute approximate surface area is 217 Å². The van der Waals surface area contributed by atoms with E-state index < -0.39 is 47.2 Å². The number of aliphatic hydroxyl groups is 1. The molecule has 202 valence electrons. The molecule has 2 aromatic rings. The van der Waals surface area contributed by atoms with Crippen LogP contribution in [0.3, 0.4) is 0 Å². The van der Waals surface area contributed by atoms with Crippen LogP contribution in [0, 0.1) is 10.1 Å². The smallest absolute Gasteiger partial charge is 0.270 e. The summed E-state index contributed by atoms with van der Waals surface area (Å²) in [6, 6.07) is 5.50. The fraction of sp³-hybridized carbons (Fsp3) is 0.333. The van der Waals surface area contributed by atoms with Gasteiger partial charge in [-0.3, -0.25) is 29.3 Å². The Balaban J connectivity index is 2.11. The van der Waals surface area contributed by atoms with E-state index in [4.69, 9.17) is 11.5 Å². The molecular weight excluding hydrogens is 498 g/mol. The summed E-state index contributed by atoms with van der Waals surface area (Å²) in [6.45, 7) is -0.428. The molecule has 3 rings (SSSR count). The van der Waals surface area contributed by atoms with Crippen molar-refractivity contribution in [2.45, 2.75) is 37.9 Å². The van der Waals surface area contributed by atoms with Gasteiger partial charge < -0.3 is 37.8 Å². The number of benzene rings is 2. The van der Waals surface area contributed by atoms with Crippen molar-refractivity contribution in [3.05, 3.63) is 63.2 Å². The molecule has 0 saturated heterocycles. The summed E-state index contributed by atoms with van der Waals surface area (Å²) in [6.07, 6.45) is 1.39. The van der Waals surface area contributed by atoms with E-state index in [2.05, 4.69) is 21.3 Å². The predicted molar refractivity (Wildman–Crippen MR) is 136 cm³/mol. The van der Waals surface area contributed by atoms with E-state index in [1.807, 2.05) is 0 Å². The summed E-state index contributed by atoms with van der Waals surface area (Å²) in [5, 5.41) is 31.8. The number of unbranched alkanes of at least 4 members (excludes halogenated alkanes) is 1. The second-order valence-corrected chi connectivity index (χ2v) is 8.62. The Kier molecular flexibility index (Phi) is 9.29. The minimum atomic E-state index is -1.45. The van der Waals surface area contributed by atoms with Crippen molar-refractivity contribution < 1.29 is 29.2 Å². The molecular formula is C24H29N7O7. The lowest BCUT2D eigenvalue weighted by atomic mass is 10.0. The van der Waals surface area contributed by atoms with Crippen LogP contribution in [0.4, 0.5) is 17.1 Å². The molecule has 0 aromatic heterocycles. The lowest BCUT2D eigenvalue weighted by molar-refractivity contribution is -0.384. The fourth-order valence-corrected chi connectivity index (χ4v) is 3.86. The molecule has 38 heavy (non-hydrogen) atoms. The van der Waals surface area contributed by atoms with E-state index in [0.717, 1.165) is 6.07 Å². The highest BCUT2D eigenvalue weighted by Gasteiger charge is 2.28. The number of nitrogens with zero attached hydrogens (tertiary/aromatic N) is 1. The minimum Gasteiger partial charge on any atom is -0.394 e. The van der Waals surface area contributed by atoms with Crippen LogP contribution in [0.5, 0.6) is 0 Å². The van der Waals surface area contributed by atoms with Crippen LogP contribution in [-0.2, 0) is 16.1 Å². The number of anilines is 2. The Morgan fingerprint density at radius 1 is 1.03 bits per heavy atom. The molecule has 2 atom stereocenters. The van der Waals surface area contributed by atoms with Gasteiger partial charge >= 0.3 is 0 Å². The maximum Gasteiger partial charge on any atom is 0.270 e. The average Bonchev–Trinajstić information content (AvgIpc) is 2.89. The van der Waals surface area contributed by atoms with Crippen LogP contribution in [0.2, 0.25) is 0 Å². The van der Waals surface area contributed by atoms with Crippen molar-refractivity contribution in [2.75, 3.05) is 18.5 Å². The number of carbonyl (C=O) groups is 4. The molecule has 0 radical (unpaired) electrons. The second kappa shape index (κ2) is 12.6. The number of rotatable bonds is 7. The number of carbonyl (C=O) groups excluding carboxylic acids is 4. The Bertz CT molecular complexity index is 1250. The third-order valence-corrected chi connectivity index (χ3v) is 5.96. The van der Waals surface area contributed by atoms with Crippen LogP contribution in [0.25, 0.3) is 0 Å². The van der Waals surface area contributed by atoms with E-state index in [0.29, 0.717) is 30.6 Å². The van der Waals surface area contributed by atoms with E-state index in [9.17, 15) is 34.4 Å². The lowest BCUT2D eigenvalue weighted by Crippen LogP contribution is -2.55. The van der Waals surface area contributed by atoms with Gasteiger partial charge in [-0.1, -0.05) is 6.07 Å². The van der Waals surface area contributed by atoms with Gasteiger partial charge in [-0.15, -0.1) is 0 Å². The van der Waals surface area contributed by atoms with Crippen LogP contribution in [0.1, 0.15) is 45.5 Å². The number of aliphatic hydroxyl groups excluding tert-OH is 1. The number of nitrogens with two attached hydrogens (primary N) is 2. The summed E-state index contributed by atoms with van der Waals surface area (Å²) in [5.41, 5.74) is 11.4. The summed E-state index contributed by atoms with van der Waals surface area (Å²) < 4.78 is 0. The van der Waals surface area contributed by atoms with Gasteiger partial charge in [-0.2, -0.15) is 0 Å². The number of amides is 4. The van der Waals surface area contributed by atoms with Gasteiger partial charge in [0.2, 0.25) is 17.7 Å². The van der Waals surface area contributed by atoms with Gasteiger partial charge in [0.05, 0.1) is 22.8 Å². The standard InChI is InChI=1S/C24H29N7O7/c25-8-2-1-3-18-23(35)27-11-14-5-4-13(21(26)33)9-19(14)28-17-7-6-15(31(37)38)10-16(17)22(34)30-20(12-32)24(36)29-18/h4-7,9-10,18,20,28,32H,1-3,8,11-12,25H2,(H2,26,33)(H,27,35)(H,29,36)(H,30,34)/t18-,20-/m0/s1. The highest BCUT2D eigenvalue weighted by Crippen LogP contribution is 2.28. The van der Waals surface area contributed by atoms with Gasteiger partial charge in [0.15, 0.2) is 0 Å². The molecule has 1 aliphatic heterocycles. The second-order valence-electron chi connectivity index (χ2n) is 8.62. The van der Waals surface area contributed by atoms with Crippen molar-refractivity contribution in [2.24, 2.45) is 11.5 Å². The SMILES string of the molecule is NCCCC[C@@H]1NC(=O)[C@H](CO)NC(=O)c2cc([N+](=O)[O-])ccc2Nc2cc(C(N)=O)ccc2CNC1=O. The minimum absolute atomic E-state index is 0.0264. The molecule has 0 bridgehead atoms. The topological polar surface area (TPSA) is 232 Å². The first-order chi connectivity index (χ1) is 18.1. The van der Waals surface area contributed by atoms with Crippen LogP contribution in [-0.4, -0.2) is 58.9 Å². The third-order valence-electron chi connectivity index (χ3n) is 5.96. The fourth-order valence-electron chi connectivity index (χ4n) is 3.86. The monoisotopic (exact) mass is 527 g/mol. The summed E-state index contributed by atoms with van der Waals surface area (Å²) in [5.74, 6) is -2.92. The molecule has 0 aliphatic carbocycles. The first-order valence-electron chi connectivity index (χ1n) is 11.8. The van der Waals surface area contributed by atoms with E-state index in [1.165, 1.54) is 24.3 Å². The maximum absolute atomic E-state index is 13.2. The van der Waals surface area contributed by atoms with Gasteiger partial charge in [0, 0.05) is 29.9 Å². The largest absolute Gasteiger partial charge is 0.394 e.